The summed E-state index contributed by atoms with van der Waals surface area (Å²) in [5, 5.41) is 10.5. The Morgan fingerprint density at radius 3 is 2.26 bits per heavy atom. The molecule has 5 rings (SSSR count). The average Bonchev–Trinajstić information content (AvgIpc) is 3.17. The number of methoxy groups -OCH3 is 1. The SMILES string of the molecule is COc1cccc(-c2ccc(-n3c(Cl)cc4[nH]c(=O)n(-c5c(F)cccc5F)c(=O)c43)cc2)c1O. The molecule has 0 spiro atoms. The number of nitrogens with zero attached hydrogens (tertiary/aromatic N) is 2. The van der Waals surface area contributed by atoms with E-state index in [1.165, 1.54) is 17.7 Å². The molecule has 3 aromatic carbocycles. The van der Waals surface area contributed by atoms with Crippen molar-refractivity contribution >= 4 is 22.6 Å². The van der Waals surface area contributed by atoms with Gasteiger partial charge >= 0.3 is 5.69 Å². The van der Waals surface area contributed by atoms with Crippen molar-refractivity contribution < 1.29 is 18.6 Å². The molecule has 2 N–H and O–H groups in total. The third-order valence-electron chi connectivity index (χ3n) is 5.62. The van der Waals surface area contributed by atoms with Crippen molar-refractivity contribution in [2.24, 2.45) is 0 Å². The molecular formula is C25H16ClF2N3O4. The van der Waals surface area contributed by atoms with Gasteiger partial charge in [-0.1, -0.05) is 41.9 Å². The fraction of sp³-hybridized carbons (Fsp3) is 0.0400. The standard InChI is InChI=1S/C25H16ClF2N3O4/c1-35-19-7-2-4-15(23(19)32)13-8-10-14(11-9-13)30-20(26)12-18-22(30)24(33)31(25(34)29-18)21-16(27)5-3-6-17(21)28/h2-12,32H,1H3,(H,29,34). The number of halogens is 3. The lowest BCUT2D eigenvalue weighted by Crippen LogP contribution is -2.35. The molecule has 35 heavy (non-hydrogen) atoms. The van der Waals surface area contributed by atoms with E-state index in [1.54, 1.807) is 42.5 Å². The number of aromatic hydroxyl groups is 1. The molecule has 0 aliphatic carbocycles. The largest absolute Gasteiger partial charge is 0.504 e. The molecule has 0 atom stereocenters. The van der Waals surface area contributed by atoms with Gasteiger partial charge in [-0.3, -0.25) is 9.36 Å². The first-order valence-electron chi connectivity index (χ1n) is 10.3. The second kappa shape index (κ2) is 8.44. The van der Waals surface area contributed by atoms with Crippen LogP contribution in [0.5, 0.6) is 11.5 Å². The van der Waals surface area contributed by atoms with Gasteiger partial charge in [0.25, 0.3) is 5.56 Å². The number of phenols is 1. The molecule has 0 fully saturated rings. The molecule has 0 aliphatic rings. The van der Waals surface area contributed by atoms with Gasteiger partial charge in [-0.05, 0) is 42.0 Å². The van der Waals surface area contributed by atoms with E-state index in [4.69, 9.17) is 16.3 Å². The second-order valence-corrected chi connectivity index (χ2v) is 8.00. The van der Waals surface area contributed by atoms with Crippen LogP contribution in [0.15, 0.2) is 76.3 Å². The summed E-state index contributed by atoms with van der Waals surface area (Å²) in [5.74, 6) is -1.84. The predicted molar refractivity (Wildman–Crippen MR) is 128 cm³/mol. The molecule has 7 nitrogen and oxygen atoms in total. The summed E-state index contributed by atoms with van der Waals surface area (Å²) in [6.07, 6.45) is 0. The number of ether oxygens (including phenoxy) is 1. The van der Waals surface area contributed by atoms with Gasteiger partial charge in [-0.2, -0.15) is 0 Å². The maximum atomic E-state index is 14.4. The number of para-hydroxylation sites is 2. The number of phenolic OH excluding ortho intramolecular Hbond substituents is 1. The third kappa shape index (κ3) is 3.57. The molecule has 0 bridgehead atoms. The van der Waals surface area contributed by atoms with Gasteiger partial charge in [-0.25, -0.2) is 18.1 Å². The van der Waals surface area contributed by atoms with Gasteiger partial charge in [0.2, 0.25) is 0 Å². The Kier molecular flexibility index (Phi) is 5.41. The van der Waals surface area contributed by atoms with E-state index >= 15 is 0 Å². The van der Waals surface area contributed by atoms with Crippen molar-refractivity contribution in [2.75, 3.05) is 7.11 Å². The topological polar surface area (TPSA) is 89.2 Å². The highest BCUT2D eigenvalue weighted by Gasteiger charge is 2.21. The molecular weight excluding hydrogens is 480 g/mol. The normalized spacial score (nSPS) is 11.2. The van der Waals surface area contributed by atoms with Crippen LogP contribution in [-0.4, -0.2) is 26.3 Å². The number of hydrogen-bond donors (Lipinski definition) is 2. The first-order valence-corrected chi connectivity index (χ1v) is 10.7. The van der Waals surface area contributed by atoms with E-state index in [2.05, 4.69) is 4.98 Å². The lowest BCUT2D eigenvalue weighted by molar-refractivity contribution is 0.374. The molecule has 10 heteroatoms. The maximum absolute atomic E-state index is 14.4. The smallest absolute Gasteiger partial charge is 0.333 e. The first-order chi connectivity index (χ1) is 16.8. The van der Waals surface area contributed by atoms with Crippen LogP contribution in [0.25, 0.3) is 33.5 Å². The summed E-state index contributed by atoms with van der Waals surface area (Å²) in [5.41, 5.74) is -1.08. The van der Waals surface area contributed by atoms with Gasteiger partial charge in [0.15, 0.2) is 11.5 Å². The Balaban J connectivity index is 1.70. The van der Waals surface area contributed by atoms with Crippen molar-refractivity contribution in [3.8, 4) is 34.0 Å². The number of H-pyrrole nitrogens is 1. The Bertz CT molecular complexity index is 1700. The molecule has 0 amide bonds. The highest BCUT2D eigenvalue weighted by atomic mass is 35.5. The van der Waals surface area contributed by atoms with Gasteiger partial charge < -0.3 is 14.8 Å². The van der Waals surface area contributed by atoms with Gasteiger partial charge in [0.1, 0.15) is 28.0 Å². The second-order valence-electron chi connectivity index (χ2n) is 7.61. The number of benzene rings is 3. The van der Waals surface area contributed by atoms with Crippen LogP contribution >= 0.6 is 11.6 Å². The summed E-state index contributed by atoms with van der Waals surface area (Å²) in [4.78, 5) is 28.4. The van der Waals surface area contributed by atoms with Crippen LogP contribution in [0.4, 0.5) is 8.78 Å². The van der Waals surface area contributed by atoms with E-state index in [0.717, 1.165) is 18.2 Å². The van der Waals surface area contributed by atoms with Gasteiger partial charge in [0.05, 0.1) is 12.6 Å². The zero-order valence-corrected chi connectivity index (χ0v) is 18.8. The Morgan fingerprint density at radius 1 is 0.943 bits per heavy atom. The minimum atomic E-state index is -1.07. The number of aromatic amines is 1. The van der Waals surface area contributed by atoms with E-state index in [0.29, 0.717) is 27.1 Å². The van der Waals surface area contributed by atoms with Crippen molar-refractivity contribution in [3.05, 3.63) is 104 Å². The molecule has 2 aromatic heterocycles. The van der Waals surface area contributed by atoms with Crippen LogP contribution in [0.1, 0.15) is 0 Å². The lowest BCUT2D eigenvalue weighted by atomic mass is 10.0. The van der Waals surface area contributed by atoms with Crippen LogP contribution < -0.4 is 16.0 Å². The Morgan fingerprint density at radius 2 is 1.60 bits per heavy atom. The van der Waals surface area contributed by atoms with Crippen LogP contribution in [-0.2, 0) is 0 Å². The zero-order valence-electron chi connectivity index (χ0n) is 18.1. The average molecular weight is 496 g/mol. The highest BCUT2D eigenvalue weighted by molar-refractivity contribution is 6.31. The van der Waals surface area contributed by atoms with E-state index in [9.17, 15) is 23.5 Å². The number of hydrogen-bond acceptors (Lipinski definition) is 4. The minimum absolute atomic E-state index is 0.0282. The van der Waals surface area contributed by atoms with E-state index in [1.807, 2.05) is 0 Å². The van der Waals surface area contributed by atoms with Crippen molar-refractivity contribution in [1.82, 2.24) is 14.1 Å². The lowest BCUT2D eigenvalue weighted by Gasteiger charge is -2.12. The Labute approximate surface area is 201 Å². The molecule has 2 heterocycles. The van der Waals surface area contributed by atoms with Crippen molar-refractivity contribution in [1.29, 1.82) is 0 Å². The monoisotopic (exact) mass is 495 g/mol. The van der Waals surface area contributed by atoms with Crippen LogP contribution in [0.2, 0.25) is 5.15 Å². The quantitative estimate of drug-likeness (QED) is 0.375. The maximum Gasteiger partial charge on any atom is 0.333 e. The molecule has 176 valence electrons. The van der Waals surface area contributed by atoms with Crippen molar-refractivity contribution in [3.63, 3.8) is 0 Å². The summed E-state index contributed by atoms with van der Waals surface area (Å²) >= 11 is 6.40. The van der Waals surface area contributed by atoms with Crippen molar-refractivity contribution in [2.45, 2.75) is 0 Å². The summed E-state index contributed by atoms with van der Waals surface area (Å²) in [6.45, 7) is 0. The summed E-state index contributed by atoms with van der Waals surface area (Å²) in [7, 11) is 1.45. The molecule has 5 aromatic rings. The number of nitrogens with one attached hydrogen (secondary N) is 1. The fourth-order valence-corrected chi connectivity index (χ4v) is 4.31. The van der Waals surface area contributed by atoms with E-state index in [-0.39, 0.29) is 21.9 Å². The van der Waals surface area contributed by atoms with E-state index < -0.39 is 28.6 Å². The molecule has 0 aliphatic heterocycles. The molecule has 0 radical (unpaired) electrons. The molecule has 0 saturated heterocycles. The van der Waals surface area contributed by atoms with Crippen LogP contribution in [0.3, 0.4) is 0 Å². The Hall–Kier alpha value is -4.37. The summed E-state index contributed by atoms with van der Waals surface area (Å²) in [6, 6.07) is 16.2. The van der Waals surface area contributed by atoms with Gasteiger partial charge in [-0.15, -0.1) is 0 Å². The molecule has 0 unspecified atom stereocenters. The highest BCUT2D eigenvalue weighted by Crippen LogP contribution is 2.37. The minimum Gasteiger partial charge on any atom is -0.504 e. The zero-order chi connectivity index (χ0) is 24.9. The third-order valence-corrected chi connectivity index (χ3v) is 5.90. The molecule has 0 saturated carbocycles. The number of rotatable bonds is 4. The first kappa shape index (κ1) is 22.4. The fourth-order valence-electron chi connectivity index (χ4n) is 4.02. The predicted octanol–water partition coefficient (Wildman–Crippen LogP) is 4.78. The number of fused-ring (bicyclic) bond motifs is 1. The number of aromatic nitrogens is 3. The van der Waals surface area contributed by atoms with Gasteiger partial charge in [0, 0.05) is 11.3 Å². The summed E-state index contributed by atoms with van der Waals surface area (Å²) < 4.78 is 35.7. The van der Waals surface area contributed by atoms with Crippen LogP contribution in [0, 0.1) is 11.6 Å².